The number of nitrogens with one attached hydrogen (secondary N) is 1. The van der Waals surface area contributed by atoms with Crippen LogP contribution in [0, 0.1) is 5.92 Å². The smallest absolute Gasteiger partial charge is 0.228 e. The maximum atomic E-state index is 12.0. The number of carbonyl (C=O) groups is 1. The molecule has 0 aliphatic heterocycles. The van der Waals surface area contributed by atoms with E-state index >= 15 is 0 Å². The van der Waals surface area contributed by atoms with Crippen molar-refractivity contribution in [2.45, 2.75) is 39.8 Å². The number of amides is 1. The molecule has 0 radical (unpaired) electrons. The van der Waals surface area contributed by atoms with Crippen LogP contribution < -0.4 is 11.1 Å². The highest BCUT2D eigenvalue weighted by Crippen LogP contribution is 2.21. The van der Waals surface area contributed by atoms with E-state index in [2.05, 4.69) is 29.1 Å². The Bertz CT molecular complexity index is 607. The highest BCUT2D eigenvalue weighted by Gasteiger charge is 2.17. The Hall–Kier alpha value is -1.52. The molecule has 0 bridgehead atoms. The zero-order chi connectivity index (χ0) is 14.7. The number of fused-ring (bicyclic) bond motifs is 1. The Morgan fingerprint density at radius 1 is 1.33 bits per heavy atom. The summed E-state index contributed by atoms with van der Waals surface area (Å²) in [7, 11) is 0. The minimum atomic E-state index is -0.201. The van der Waals surface area contributed by atoms with Gasteiger partial charge in [0.1, 0.15) is 0 Å². The fourth-order valence-corrected chi connectivity index (χ4v) is 2.19. The van der Waals surface area contributed by atoms with Crippen molar-refractivity contribution >= 4 is 34.9 Å². The molecule has 0 saturated heterocycles. The van der Waals surface area contributed by atoms with E-state index in [-0.39, 0.29) is 30.3 Å². The van der Waals surface area contributed by atoms with Crippen LogP contribution in [0.2, 0.25) is 0 Å². The summed E-state index contributed by atoms with van der Waals surface area (Å²) < 4.78 is 2.21. The predicted octanol–water partition coefficient (Wildman–Crippen LogP) is 3.39. The number of rotatable bonds is 5. The van der Waals surface area contributed by atoms with E-state index in [0.717, 1.165) is 24.2 Å². The molecule has 1 aromatic carbocycles. The minimum Gasteiger partial charge on any atom is -0.347 e. The number of hydrogen-bond donors (Lipinski definition) is 2. The third-order valence-corrected chi connectivity index (χ3v) is 3.71. The summed E-state index contributed by atoms with van der Waals surface area (Å²) >= 11 is 0. The Morgan fingerprint density at radius 2 is 2.05 bits per heavy atom. The average molecular weight is 310 g/mol. The number of benzene rings is 1. The number of nitrogens with zero attached hydrogens (tertiary/aromatic N) is 1. The fraction of sp³-hybridized carbons (Fsp3) is 0.438. The second-order valence-corrected chi connectivity index (χ2v) is 5.42. The molecule has 4 nitrogen and oxygen atoms in total. The van der Waals surface area contributed by atoms with Crippen LogP contribution in [0.5, 0.6) is 0 Å². The van der Waals surface area contributed by atoms with Gasteiger partial charge in [0, 0.05) is 24.5 Å². The van der Waals surface area contributed by atoms with Crippen molar-refractivity contribution in [2.24, 2.45) is 11.7 Å². The molecule has 0 saturated carbocycles. The molecule has 116 valence electrons. The quantitative estimate of drug-likeness (QED) is 0.889. The topological polar surface area (TPSA) is 60.0 Å². The Morgan fingerprint density at radius 3 is 2.67 bits per heavy atom. The molecule has 1 aromatic heterocycles. The van der Waals surface area contributed by atoms with Crippen LogP contribution in [0.15, 0.2) is 30.5 Å². The maximum Gasteiger partial charge on any atom is 0.228 e. The summed E-state index contributed by atoms with van der Waals surface area (Å²) in [6.07, 6.45) is 3.17. The molecule has 1 heterocycles. The zero-order valence-electron chi connectivity index (χ0n) is 12.8. The van der Waals surface area contributed by atoms with Crippen molar-refractivity contribution in [3.63, 3.8) is 0 Å². The van der Waals surface area contributed by atoms with E-state index in [0.29, 0.717) is 0 Å². The second-order valence-electron chi connectivity index (χ2n) is 5.42. The molecule has 0 aliphatic rings. The highest BCUT2D eigenvalue weighted by atomic mass is 35.5. The molecule has 3 N–H and O–H groups in total. The molecule has 2 unspecified atom stereocenters. The monoisotopic (exact) mass is 309 g/mol. The van der Waals surface area contributed by atoms with Gasteiger partial charge in [-0.05, 0) is 36.9 Å². The third-order valence-electron chi connectivity index (χ3n) is 3.71. The molecule has 1 amide bonds. The molecular formula is C16H24ClN3O. The van der Waals surface area contributed by atoms with Crippen LogP contribution in [0.3, 0.4) is 0 Å². The molecule has 0 fully saturated rings. The summed E-state index contributed by atoms with van der Waals surface area (Å²) in [5, 5.41) is 4.13. The van der Waals surface area contributed by atoms with Crippen molar-refractivity contribution in [3.05, 3.63) is 30.5 Å². The lowest BCUT2D eigenvalue weighted by molar-refractivity contribution is -0.119. The summed E-state index contributed by atoms with van der Waals surface area (Å²) in [6.45, 7) is 6.83. The van der Waals surface area contributed by atoms with Gasteiger partial charge in [-0.2, -0.15) is 0 Å². The molecular weight excluding hydrogens is 286 g/mol. The third kappa shape index (κ3) is 3.99. The molecule has 5 heteroatoms. The van der Waals surface area contributed by atoms with Crippen molar-refractivity contribution in [2.75, 3.05) is 5.32 Å². The van der Waals surface area contributed by atoms with Crippen molar-refractivity contribution in [1.29, 1.82) is 0 Å². The van der Waals surface area contributed by atoms with Gasteiger partial charge in [-0.25, -0.2) is 0 Å². The van der Waals surface area contributed by atoms with E-state index in [1.54, 1.807) is 0 Å². The first kappa shape index (κ1) is 17.5. The summed E-state index contributed by atoms with van der Waals surface area (Å²) in [4.78, 5) is 12.0. The molecule has 2 aromatic rings. The van der Waals surface area contributed by atoms with Gasteiger partial charge in [-0.15, -0.1) is 12.4 Å². The van der Waals surface area contributed by atoms with E-state index in [4.69, 9.17) is 5.73 Å². The normalized spacial score (nSPS) is 13.5. The van der Waals surface area contributed by atoms with Crippen LogP contribution >= 0.6 is 12.4 Å². The summed E-state index contributed by atoms with van der Waals surface area (Å²) in [5.41, 5.74) is 7.74. The number of aryl methyl sites for hydroxylation is 1. The molecule has 21 heavy (non-hydrogen) atoms. The highest BCUT2D eigenvalue weighted by molar-refractivity contribution is 5.95. The SMILES string of the molecule is CCCn1ccc2ccc(NC(=O)C(C)C(C)N)cc21.Cl. The lowest BCUT2D eigenvalue weighted by Crippen LogP contribution is -2.34. The molecule has 2 rings (SSSR count). The maximum absolute atomic E-state index is 12.0. The van der Waals surface area contributed by atoms with E-state index in [1.807, 2.05) is 32.0 Å². The van der Waals surface area contributed by atoms with Gasteiger partial charge in [-0.1, -0.05) is 19.9 Å². The van der Waals surface area contributed by atoms with Crippen molar-refractivity contribution < 1.29 is 4.79 Å². The van der Waals surface area contributed by atoms with Crippen LogP contribution in [-0.4, -0.2) is 16.5 Å². The number of nitrogens with two attached hydrogens (primary N) is 1. The summed E-state index contributed by atoms with van der Waals surface area (Å²) in [6, 6.07) is 7.94. The zero-order valence-corrected chi connectivity index (χ0v) is 13.6. The fourth-order valence-electron chi connectivity index (χ4n) is 2.19. The van der Waals surface area contributed by atoms with Crippen molar-refractivity contribution in [1.82, 2.24) is 4.57 Å². The van der Waals surface area contributed by atoms with Crippen LogP contribution in [0.4, 0.5) is 5.69 Å². The lowest BCUT2D eigenvalue weighted by atomic mass is 10.0. The number of hydrogen-bond acceptors (Lipinski definition) is 2. The first-order valence-corrected chi connectivity index (χ1v) is 7.18. The van der Waals surface area contributed by atoms with Gasteiger partial charge in [-0.3, -0.25) is 4.79 Å². The Kier molecular flexibility index (Phi) is 6.24. The van der Waals surface area contributed by atoms with Gasteiger partial charge in [0.05, 0.1) is 11.4 Å². The van der Waals surface area contributed by atoms with E-state index in [9.17, 15) is 4.79 Å². The number of aromatic nitrogens is 1. The predicted molar refractivity (Wildman–Crippen MR) is 90.9 cm³/mol. The Labute approximate surface area is 132 Å². The first-order valence-electron chi connectivity index (χ1n) is 7.18. The van der Waals surface area contributed by atoms with Crippen LogP contribution in [0.25, 0.3) is 10.9 Å². The summed E-state index contributed by atoms with van der Waals surface area (Å²) in [5.74, 6) is -0.235. The number of carbonyl (C=O) groups excluding carboxylic acids is 1. The number of anilines is 1. The lowest BCUT2D eigenvalue weighted by Gasteiger charge is -2.15. The average Bonchev–Trinajstić information content (AvgIpc) is 2.81. The number of halogens is 1. The standard InChI is InChI=1S/C16H23N3O.ClH/c1-4-8-19-9-7-13-5-6-14(10-15(13)19)18-16(20)11(2)12(3)17;/h5-7,9-12H,4,8,17H2,1-3H3,(H,18,20);1H. The first-order chi connectivity index (χ1) is 9.52. The van der Waals surface area contributed by atoms with Crippen molar-refractivity contribution in [3.8, 4) is 0 Å². The van der Waals surface area contributed by atoms with Gasteiger partial charge >= 0.3 is 0 Å². The molecule has 2 atom stereocenters. The van der Waals surface area contributed by atoms with Gasteiger partial charge in [0.15, 0.2) is 0 Å². The van der Waals surface area contributed by atoms with Crippen LogP contribution in [-0.2, 0) is 11.3 Å². The molecule has 0 aliphatic carbocycles. The minimum absolute atomic E-state index is 0. The van der Waals surface area contributed by atoms with Gasteiger partial charge in [0.25, 0.3) is 0 Å². The van der Waals surface area contributed by atoms with Gasteiger partial charge in [0.2, 0.25) is 5.91 Å². The van der Waals surface area contributed by atoms with E-state index in [1.165, 1.54) is 5.39 Å². The largest absolute Gasteiger partial charge is 0.347 e. The van der Waals surface area contributed by atoms with Crippen LogP contribution in [0.1, 0.15) is 27.2 Å². The van der Waals surface area contributed by atoms with E-state index < -0.39 is 0 Å². The van der Waals surface area contributed by atoms with Gasteiger partial charge < -0.3 is 15.6 Å². The Balaban J connectivity index is 0.00000220. The second kappa shape index (κ2) is 7.48. The molecule has 0 spiro atoms.